The Morgan fingerprint density at radius 2 is 2.31 bits per heavy atom. The number of urea groups is 1. The number of amides is 2. The monoisotopic (exact) mass is 357 g/mol. The van der Waals surface area contributed by atoms with E-state index in [-0.39, 0.29) is 12.6 Å². The van der Waals surface area contributed by atoms with Crippen LogP contribution < -0.4 is 10.6 Å². The highest BCUT2D eigenvalue weighted by Crippen LogP contribution is 2.20. The van der Waals surface area contributed by atoms with Crippen molar-refractivity contribution in [2.45, 2.75) is 19.3 Å². The van der Waals surface area contributed by atoms with E-state index in [0.29, 0.717) is 12.5 Å². The van der Waals surface area contributed by atoms with Gasteiger partial charge in [-0.1, -0.05) is 12.1 Å². The number of hydrogen-bond donors (Lipinski definition) is 4. The standard InChI is InChI=1S/C19H27N5O2/c25-14-15-4-2-10-24(13-15)11-3-8-20-19(26)22-17-6-1-5-16(12-17)18-7-9-21-23-18/h1,5-7,9,12,15,25H,2-4,8,10-11,13-14H2,(H,21,23)(H2,20,22,26). The Hall–Kier alpha value is -2.38. The van der Waals surface area contributed by atoms with Gasteiger partial charge >= 0.3 is 6.03 Å². The highest BCUT2D eigenvalue weighted by atomic mass is 16.3. The number of piperidine rings is 1. The maximum Gasteiger partial charge on any atom is 0.319 e. The molecule has 1 aliphatic heterocycles. The van der Waals surface area contributed by atoms with E-state index in [1.807, 2.05) is 30.3 Å². The molecule has 7 nitrogen and oxygen atoms in total. The third-order valence-corrected chi connectivity index (χ3v) is 4.73. The number of nitrogens with one attached hydrogen (secondary N) is 3. The molecule has 2 amide bonds. The minimum Gasteiger partial charge on any atom is -0.396 e. The van der Waals surface area contributed by atoms with Crippen molar-refractivity contribution in [3.63, 3.8) is 0 Å². The van der Waals surface area contributed by atoms with Crippen LogP contribution in [0, 0.1) is 5.92 Å². The lowest BCUT2D eigenvalue weighted by atomic mass is 9.99. The quantitative estimate of drug-likeness (QED) is 0.572. The third kappa shape index (κ3) is 5.31. The molecular formula is C19H27N5O2. The van der Waals surface area contributed by atoms with Crippen LogP contribution in [0.4, 0.5) is 10.5 Å². The lowest BCUT2D eigenvalue weighted by Crippen LogP contribution is -2.38. The lowest BCUT2D eigenvalue weighted by Gasteiger charge is -2.31. The van der Waals surface area contributed by atoms with Gasteiger partial charge in [0.2, 0.25) is 0 Å². The second-order valence-electron chi connectivity index (χ2n) is 6.78. The molecule has 140 valence electrons. The molecule has 7 heteroatoms. The highest BCUT2D eigenvalue weighted by Gasteiger charge is 2.18. The number of benzene rings is 1. The number of carbonyl (C=O) groups is 1. The van der Waals surface area contributed by atoms with Crippen LogP contribution in [0.2, 0.25) is 0 Å². The van der Waals surface area contributed by atoms with Gasteiger partial charge in [-0.25, -0.2) is 4.79 Å². The Morgan fingerprint density at radius 3 is 3.12 bits per heavy atom. The predicted molar refractivity (Wildman–Crippen MR) is 102 cm³/mol. The summed E-state index contributed by atoms with van der Waals surface area (Å²) in [6, 6.07) is 9.34. The van der Waals surface area contributed by atoms with Gasteiger partial charge in [-0.3, -0.25) is 5.10 Å². The summed E-state index contributed by atoms with van der Waals surface area (Å²) in [4.78, 5) is 14.4. The van der Waals surface area contributed by atoms with Gasteiger partial charge in [-0.15, -0.1) is 0 Å². The SMILES string of the molecule is O=C(NCCCN1CCCC(CO)C1)Nc1cccc(-c2ccn[nH]2)c1. The van der Waals surface area contributed by atoms with Gasteiger partial charge in [0, 0.05) is 37.1 Å². The number of anilines is 1. The first-order valence-corrected chi connectivity index (χ1v) is 9.22. The number of aliphatic hydroxyl groups excluding tert-OH is 1. The Bertz CT molecular complexity index is 689. The summed E-state index contributed by atoms with van der Waals surface area (Å²) in [5, 5.41) is 21.9. The van der Waals surface area contributed by atoms with Crippen LogP contribution in [0.25, 0.3) is 11.3 Å². The van der Waals surface area contributed by atoms with Crippen molar-refractivity contribution in [3.8, 4) is 11.3 Å². The smallest absolute Gasteiger partial charge is 0.319 e. The zero-order chi connectivity index (χ0) is 18.2. The van der Waals surface area contributed by atoms with Crippen molar-refractivity contribution in [2.24, 2.45) is 5.92 Å². The average molecular weight is 357 g/mol. The van der Waals surface area contributed by atoms with E-state index >= 15 is 0 Å². The van der Waals surface area contributed by atoms with Crippen LogP contribution in [-0.4, -0.2) is 59.0 Å². The number of nitrogens with zero attached hydrogens (tertiary/aromatic N) is 2. The zero-order valence-electron chi connectivity index (χ0n) is 14.9. The Labute approximate surface area is 153 Å². The van der Waals surface area contributed by atoms with Crippen LogP contribution in [-0.2, 0) is 0 Å². The van der Waals surface area contributed by atoms with E-state index in [2.05, 4.69) is 25.7 Å². The summed E-state index contributed by atoms with van der Waals surface area (Å²) in [5.74, 6) is 0.405. The second-order valence-corrected chi connectivity index (χ2v) is 6.78. The summed E-state index contributed by atoms with van der Waals surface area (Å²) in [6.07, 6.45) is 4.87. The van der Waals surface area contributed by atoms with Gasteiger partial charge in [-0.05, 0) is 56.5 Å². The van der Waals surface area contributed by atoms with Crippen molar-refractivity contribution < 1.29 is 9.90 Å². The molecule has 0 aliphatic carbocycles. The van der Waals surface area contributed by atoms with Gasteiger partial charge in [0.05, 0.1) is 5.69 Å². The van der Waals surface area contributed by atoms with E-state index in [0.717, 1.165) is 55.8 Å². The normalized spacial score (nSPS) is 17.8. The largest absolute Gasteiger partial charge is 0.396 e. The molecule has 1 aromatic heterocycles. The average Bonchev–Trinajstić information content (AvgIpc) is 3.20. The Kier molecular flexibility index (Phi) is 6.62. The molecule has 0 radical (unpaired) electrons. The van der Waals surface area contributed by atoms with Gasteiger partial charge in [0.15, 0.2) is 0 Å². The molecule has 1 atom stereocenters. The topological polar surface area (TPSA) is 93.3 Å². The van der Waals surface area contributed by atoms with Crippen LogP contribution in [0.5, 0.6) is 0 Å². The molecular weight excluding hydrogens is 330 g/mol. The van der Waals surface area contributed by atoms with Crippen LogP contribution >= 0.6 is 0 Å². The fraction of sp³-hybridized carbons (Fsp3) is 0.474. The van der Waals surface area contributed by atoms with Crippen molar-refractivity contribution >= 4 is 11.7 Å². The van der Waals surface area contributed by atoms with Crippen molar-refractivity contribution in [3.05, 3.63) is 36.5 Å². The van der Waals surface area contributed by atoms with E-state index in [1.54, 1.807) is 6.20 Å². The molecule has 3 rings (SSSR count). The lowest BCUT2D eigenvalue weighted by molar-refractivity contribution is 0.120. The minimum atomic E-state index is -0.196. The fourth-order valence-corrected chi connectivity index (χ4v) is 3.36. The molecule has 2 aromatic rings. The van der Waals surface area contributed by atoms with Crippen LogP contribution in [0.3, 0.4) is 0 Å². The molecule has 0 spiro atoms. The van der Waals surface area contributed by atoms with Crippen molar-refractivity contribution in [1.82, 2.24) is 20.4 Å². The first-order chi connectivity index (χ1) is 12.7. The number of aromatic amines is 1. The molecule has 26 heavy (non-hydrogen) atoms. The molecule has 1 saturated heterocycles. The molecule has 1 aromatic carbocycles. The second kappa shape index (κ2) is 9.35. The molecule has 1 unspecified atom stereocenters. The number of hydrogen-bond acceptors (Lipinski definition) is 4. The summed E-state index contributed by atoms with van der Waals surface area (Å²) in [7, 11) is 0. The molecule has 0 bridgehead atoms. The molecule has 0 saturated carbocycles. The van der Waals surface area contributed by atoms with E-state index in [4.69, 9.17) is 0 Å². The Morgan fingerprint density at radius 1 is 1.38 bits per heavy atom. The molecule has 1 fully saturated rings. The van der Waals surface area contributed by atoms with E-state index in [1.165, 1.54) is 0 Å². The van der Waals surface area contributed by atoms with Crippen molar-refractivity contribution in [2.75, 3.05) is 38.1 Å². The Balaban J connectivity index is 1.39. The van der Waals surface area contributed by atoms with Gasteiger partial charge in [0.1, 0.15) is 0 Å². The summed E-state index contributed by atoms with van der Waals surface area (Å²) in [6.45, 7) is 3.90. The maximum atomic E-state index is 12.1. The van der Waals surface area contributed by atoms with E-state index < -0.39 is 0 Å². The number of aromatic nitrogens is 2. The number of carbonyl (C=O) groups excluding carboxylic acids is 1. The van der Waals surface area contributed by atoms with Gasteiger partial charge < -0.3 is 20.6 Å². The number of aliphatic hydroxyl groups is 1. The van der Waals surface area contributed by atoms with Crippen LogP contribution in [0.15, 0.2) is 36.5 Å². The van der Waals surface area contributed by atoms with Gasteiger partial charge in [-0.2, -0.15) is 5.10 Å². The first kappa shape index (κ1) is 18.4. The van der Waals surface area contributed by atoms with Crippen molar-refractivity contribution in [1.29, 1.82) is 0 Å². The molecule has 1 aliphatic rings. The number of rotatable bonds is 7. The maximum absolute atomic E-state index is 12.1. The summed E-state index contributed by atoms with van der Waals surface area (Å²) >= 11 is 0. The predicted octanol–water partition coefficient (Wildman–Crippen LogP) is 2.29. The molecule has 2 heterocycles. The highest BCUT2D eigenvalue weighted by molar-refractivity contribution is 5.89. The third-order valence-electron chi connectivity index (χ3n) is 4.73. The van der Waals surface area contributed by atoms with Gasteiger partial charge in [0.25, 0.3) is 0 Å². The molecule has 4 N–H and O–H groups in total. The summed E-state index contributed by atoms with van der Waals surface area (Å²) < 4.78 is 0. The summed E-state index contributed by atoms with van der Waals surface area (Å²) in [5.41, 5.74) is 2.64. The zero-order valence-corrected chi connectivity index (χ0v) is 14.9. The first-order valence-electron chi connectivity index (χ1n) is 9.22. The minimum absolute atomic E-state index is 0.196. The van der Waals surface area contributed by atoms with E-state index in [9.17, 15) is 9.90 Å². The number of H-pyrrole nitrogens is 1. The number of likely N-dealkylation sites (tertiary alicyclic amines) is 1. The van der Waals surface area contributed by atoms with Crippen LogP contribution in [0.1, 0.15) is 19.3 Å². The fourth-order valence-electron chi connectivity index (χ4n) is 3.36.